The Morgan fingerprint density at radius 3 is 3.00 bits per heavy atom. The van der Waals surface area contributed by atoms with Crippen molar-refractivity contribution in [2.24, 2.45) is 0 Å². The molecule has 0 spiro atoms. The van der Waals surface area contributed by atoms with Gasteiger partial charge in [0.1, 0.15) is 0 Å². The molecule has 6 heteroatoms. The molecule has 0 aliphatic carbocycles. The zero-order valence-electron chi connectivity index (χ0n) is 5.63. The normalized spacial score (nSPS) is 10.8. The first-order chi connectivity index (χ1) is 5.29. The van der Waals surface area contributed by atoms with E-state index in [1.807, 2.05) is 0 Å². The summed E-state index contributed by atoms with van der Waals surface area (Å²) in [4.78, 5) is 3.63. The third-order valence-corrected chi connectivity index (χ3v) is 0.989. The summed E-state index contributed by atoms with van der Waals surface area (Å²) in [5, 5.41) is 5.87. The molecule has 0 saturated heterocycles. The van der Waals surface area contributed by atoms with E-state index in [9.17, 15) is 8.78 Å². The van der Waals surface area contributed by atoms with Gasteiger partial charge >= 0.3 is 0 Å². The predicted octanol–water partition coefficient (Wildman–Crippen LogP) is 0.424. The first-order valence-electron chi connectivity index (χ1n) is 3.03. The molecule has 1 aromatic rings. The summed E-state index contributed by atoms with van der Waals surface area (Å²) in [5.74, 6) is 0.380. The second kappa shape index (κ2) is 3.97. The van der Waals surface area contributed by atoms with Gasteiger partial charge in [-0.2, -0.15) is 4.98 Å². The zero-order valence-corrected chi connectivity index (χ0v) is 5.63. The van der Waals surface area contributed by atoms with Crippen LogP contribution < -0.4 is 5.32 Å². The van der Waals surface area contributed by atoms with Gasteiger partial charge in [0.15, 0.2) is 5.82 Å². The summed E-state index contributed by atoms with van der Waals surface area (Å²) in [6.07, 6.45) is -1.19. The van der Waals surface area contributed by atoms with Gasteiger partial charge in [-0.1, -0.05) is 5.16 Å². The fourth-order valence-electron chi connectivity index (χ4n) is 0.563. The maximum Gasteiger partial charge on any atom is 0.250 e. The third-order valence-electron chi connectivity index (χ3n) is 0.989. The quantitative estimate of drug-likeness (QED) is 0.699. The Bertz CT molecular complexity index is 190. The van der Waals surface area contributed by atoms with Crippen molar-refractivity contribution in [2.75, 3.05) is 6.54 Å². The second-order valence-electron chi connectivity index (χ2n) is 1.87. The summed E-state index contributed by atoms with van der Waals surface area (Å²) in [6.45, 7) is -0.143. The van der Waals surface area contributed by atoms with E-state index in [4.69, 9.17) is 0 Å². The van der Waals surface area contributed by atoms with Gasteiger partial charge in [0.05, 0.1) is 13.1 Å². The van der Waals surface area contributed by atoms with Gasteiger partial charge in [-0.25, -0.2) is 8.78 Å². The lowest BCUT2D eigenvalue weighted by Gasteiger charge is -1.98. The molecule has 0 amide bonds. The molecule has 1 N–H and O–H groups in total. The Hall–Kier alpha value is -1.04. The molecule has 1 rings (SSSR count). The standard InChI is InChI=1S/C5H7F2N3O/c6-4(7)1-8-2-5-9-3-11-10-5/h3-4,8H,1-2H2. The highest BCUT2D eigenvalue weighted by Gasteiger charge is 2.02. The van der Waals surface area contributed by atoms with Crippen LogP contribution in [0.25, 0.3) is 0 Å². The number of nitrogens with zero attached hydrogens (tertiary/aromatic N) is 2. The van der Waals surface area contributed by atoms with Crippen molar-refractivity contribution in [1.82, 2.24) is 15.5 Å². The van der Waals surface area contributed by atoms with Crippen LogP contribution in [0.4, 0.5) is 8.78 Å². The summed E-state index contributed by atoms with van der Waals surface area (Å²) < 4.78 is 27.5. The minimum absolute atomic E-state index is 0.209. The second-order valence-corrected chi connectivity index (χ2v) is 1.87. The van der Waals surface area contributed by atoms with Crippen molar-refractivity contribution < 1.29 is 13.3 Å². The number of rotatable bonds is 4. The lowest BCUT2D eigenvalue weighted by Crippen LogP contribution is -2.21. The molecule has 0 fully saturated rings. The number of hydrogen-bond acceptors (Lipinski definition) is 4. The van der Waals surface area contributed by atoms with Crippen LogP contribution in [0.2, 0.25) is 0 Å². The molecule has 0 atom stereocenters. The Labute approximate surface area is 61.6 Å². The smallest absolute Gasteiger partial charge is 0.250 e. The Morgan fingerprint density at radius 2 is 2.45 bits per heavy atom. The lowest BCUT2D eigenvalue weighted by molar-refractivity contribution is 0.145. The third kappa shape index (κ3) is 3.03. The average Bonchev–Trinajstić information content (AvgIpc) is 2.39. The van der Waals surface area contributed by atoms with E-state index in [1.165, 1.54) is 0 Å². The first-order valence-corrected chi connectivity index (χ1v) is 3.03. The Kier molecular flexibility index (Phi) is 2.91. The van der Waals surface area contributed by atoms with Crippen LogP contribution >= 0.6 is 0 Å². The fraction of sp³-hybridized carbons (Fsp3) is 0.600. The summed E-state index contributed by atoms with van der Waals surface area (Å²) in [5.41, 5.74) is 0. The van der Waals surface area contributed by atoms with Gasteiger partial charge in [0.2, 0.25) is 6.39 Å². The van der Waals surface area contributed by atoms with Crippen molar-refractivity contribution >= 4 is 0 Å². The van der Waals surface area contributed by atoms with Crippen molar-refractivity contribution in [2.45, 2.75) is 13.0 Å². The van der Waals surface area contributed by atoms with Crippen LogP contribution in [-0.4, -0.2) is 23.1 Å². The molecule has 11 heavy (non-hydrogen) atoms. The molecule has 1 aromatic heterocycles. The fourth-order valence-corrected chi connectivity index (χ4v) is 0.563. The van der Waals surface area contributed by atoms with E-state index in [0.717, 1.165) is 6.39 Å². The predicted molar refractivity (Wildman–Crippen MR) is 32.0 cm³/mol. The molecular weight excluding hydrogens is 156 g/mol. The monoisotopic (exact) mass is 163 g/mol. The van der Waals surface area contributed by atoms with Gasteiger partial charge in [-0.05, 0) is 0 Å². The Balaban J connectivity index is 2.14. The molecule has 0 unspecified atom stereocenters. The van der Waals surface area contributed by atoms with Crippen LogP contribution in [0.1, 0.15) is 5.82 Å². The SMILES string of the molecule is FC(F)CNCc1ncon1. The van der Waals surface area contributed by atoms with Crippen LogP contribution in [0, 0.1) is 0 Å². The largest absolute Gasteiger partial charge is 0.343 e. The molecule has 0 aliphatic rings. The summed E-state index contributed by atoms with van der Waals surface area (Å²) in [7, 11) is 0. The van der Waals surface area contributed by atoms with E-state index in [2.05, 4.69) is 20.0 Å². The van der Waals surface area contributed by atoms with E-state index in [1.54, 1.807) is 0 Å². The molecule has 4 nitrogen and oxygen atoms in total. The van der Waals surface area contributed by atoms with Gasteiger partial charge < -0.3 is 9.84 Å². The van der Waals surface area contributed by atoms with Crippen molar-refractivity contribution in [3.63, 3.8) is 0 Å². The summed E-state index contributed by atoms with van der Waals surface area (Å²) >= 11 is 0. The minimum Gasteiger partial charge on any atom is -0.343 e. The number of alkyl halides is 2. The number of hydrogen-bond donors (Lipinski definition) is 1. The topological polar surface area (TPSA) is 51.0 Å². The molecule has 0 aromatic carbocycles. The van der Waals surface area contributed by atoms with Gasteiger partial charge in [0, 0.05) is 0 Å². The molecule has 62 valence electrons. The van der Waals surface area contributed by atoms with Crippen molar-refractivity contribution in [3.05, 3.63) is 12.2 Å². The maximum absolute atomic E-state index is 11.5. The molecule has 0 aliphatic heterocycles. The van der Waals surface area contributed by atoms with Gasteiger partial charge in [-0.3, -0.25) is 0 Å². The van der Waals surface area contributed by atoms with Crippen molar-refractivity contribution in [1.29, 1.82) is 0 Å². The number of nitrogens with one attached hydrogen (secondary N) is 1. The van der Waals surface area contributed by atoms with Crippen LogP contribution in [0.3, 0.4) is 0 Å². The van der Waals surface area contributed by atoms with Crippen LogP contribution in [0.15, 0.2) is 10.9 Å². The molecule has 1 heterocycles. The van der Waals surface area contributed by atoms with Gasteiger partial charge in [-0.15, -0.1) is 0 Å². The highest BCUT2D eigenvalue weighted by atomic mass is 19.3. The maximum atomic E-state index is 11.5. The van der Waals surface area contributed by atoms with E-state index < -0.39 is 6.43 Å². The van der Waals surface area contributed by atoms with Crippen LogP contribution in [-0.2, 0) is 6.54 Å². The highest BCUT2D eigenvalue weighted by Crippen LogP contribution is 1.90. The number of halogens is 2. The van der Waals surface area contributed by atoms with E-state index in [0.29, 0.717) is 5.82 Å². The molecule has 0 radical (unpaired) electrons. The minimum atomic E-state index is -2.35. The summed E-state index contributed by atoms with van der Waals surface area (Å²) in [6, 6.07) is 0. The van der Waals surface area contributed by atoms with Crippen LogP contribution in [0.5, 0.6) is 0 Å². The first kappa shape index (κ1) is 8.06. The molecular formula is C5H7F2N3O. The van der Waals surface area contributed by atoms with E-state index >= 15 is 0 Å². The van der Waals surface area contributed by atoms with Crippen molar-refractivity contribution in [3.8, 4) is 0 Å². The zero-order chi connectivity index (χ0) is 8.10. The Morgan fingerprint density at radius 1 is 1.64 bits per heavy atom. The van der Waals surface area contributed by atoms with E-state index in [-0.39, 0.29) is 13.1 Å². The molecule has 0 saturated carbocycles. The number of aromatic nitrogens is 2. The average molecular weight is 163 g/mol. The lowest BCUT2D eigenvalue weighted by atomic mass is 10.5. The highest BCUT2D eigenvalue weighted by molar-refractivity contribution is 4.75. The molecule has 0 bridgehead atoms. The van der Waals surface area contributed by atoms with Gasteiger partial charge in [0.25, 0.3) is 6.43 Å².